The maximum absolute atomic E-state index is 13.3. The Morgan fingerprint density at radius 2 is 2.29 bits per heavy atom. The molecule has 2 rings (SSSR count). The van der Waals surface area contributed by atoms with Gasteiger partial charge in [-0.3, -0.25) is 0 Å². The van der Waals surface area contributed by atoms with Gasteiger partial charge >= 0.3 is 0 Å². The molecular weight excluding hydrogens is 239 g/mol. The molecule has 4 heteroatoms. The largest absolute Gasteiger partial charge is 0.378 e. The van der Waals surface area contributed by atoms with Crippen LogP contribution in [-0.2, 0) is 0 Å². The number of hydrogen-bond acceptors (Lipinski definition) is 2. The molecule has 0 heterocycles. The van der Waals surface area contributed by atoms with Gasteiger partial charge in [0.15, 0.2) is 0 Å². The van der Waals surface area contributed by atoms with Crippen LogP contribution in [0.5, 0.6) is 0 Å². The van der Waals surface area contributed by atoms with E-state index >= 15 is 0 Å². The van der Waals surface area contributed by atoms with E-state index in [9.17, 15) is 4.39 Å². The zero-order valence-electron chi connectivity index (χ0n) is 9.97. The van der Waals surface area contributed by atoms with Crippen molar-refractivity contribution in [2.75, 3.05) is 11.9 Å². The van der Waals surface area contributed by atoms with Gasteiger partial charge in [0.2, 0.25) is 0 Å². The van der Waals surface area contributed by atoms with Crippen molar-refractivity contribution in [1.82, 2.24) is 0 Å². The molecule has 2 nitrogen and oxygen atoms in total. The second-order valence-electron chi connectivity index (χ2n) is 4.94. The van der Waals surface area contributed by atoms with Crippen LogP contribution in [0.15, 0.2) is 18.2 Å². The third kappa shape index (κ3) is 2.55. The highest BCUT2D eigenvalue weighted by molar-refractivity contribution is 6.30. The van der Waals surface area contributed by atoms with Crippen molar-refractivity contribution in [1.29, 1.82) is 0 Å². The standard InChI is InChI=1S/C13H18ClFN2/c1-9-3-2-4-13(9,8-16)17-12-6-10(14)5-11(15)7-12/h5-7,9,17H,2-4,8,16H2,1H3. The summed E-state index contributed by atoms with van der Waals surface area (Å²) in [6.07, 6.45) is 3.35. The Kier molecular flexibility index (Phi) is 3.59. The molecule has 0 saturated heterocycles. The number of hydrogen-bond donors (Lipinski definition) is 2. The second-order valence-corrected chi connectivity index (χ2v) is 5.37. The Balaban J connectivity index is 2.24. The van der Waals surface area contributed by atoms with Gasteiger partial charge in [0.05, 0.1) is 5.54 Å². The maximum Gasteiger partial charge on any atom is 0.126 e. The highest BCUT2D eigenvalue weighted by Gasteiger charge is 2.38. The van der Waals surface area contributed by atoms with E-state index in [4.69, 9.17) is 17.3 Å². The predicted molar refractivity (Wildman–Crippen MR) is 69.8 cm³/mol. The Morgan fingerprint density at radius 3 is 2.82 bits per heavy atom. The van der Waals surface area contributed by atoms with Gasteiger partial charge in [-0.25, -0.2) is 4.39 Å². The molecule has 1 aliphatic carbocycles. The summed E-state index contributed by atoms with van der Waals surface area (Å²) in [5, 5.41) is 3.79. The Bertz CT molecular complexity index is 390. The second kappa shape index (κ2) is 4.83. The van der Waals surface area contributed by atoms with Crippen LogP contribution in [0, 0.1) is 11.7 Å². The molecule has 2 atom stereocenters. The molecule has 94 valence electrons. The first-order chi connectivity index (χ1) is 8.05. The number of benzene rings is 1. The molecule has 0 radical (unpaired) electrons. The molecule has 1 fully saturated rings. The first-order valence-electron chi connectivity index (χ1n) is 6.00. The number of nitrogens with one attached hydrogen (secondary N) is 1. The van der Waals surface area contributed by atoms with Gasteiger partial charge in [-0.05, 0) is 37.0 Å². The number of nitrogens with two attached hydrogens (primary N) is 1. The lowest BCUT2D eigenvalue weighted by Gasteiger charge is -2.35. The minimum absolute atomic E-state index is 0.114. The average molecular weight is 257 g/mol. The van der Waals surface area contributed by atoms with Gasteiger partial charge < -0.3 is 11.1 Å². The molecular formula is C13H18ClFN2. The summed E-state index contributed by atoms with van der Waals surface area (Å²) in [4.78, 5) is 0. The Hall–Kier alpha value is -0.800. The average Bonchev–Trinajstić information content (AvgIpc) is 2.59. The summed E-state index contributed by atoms with van der Waals surface area (Å²) in [7, 11) is 0. The van der Waals surface area contributed by atoms with Crippen LogP contribution in [0.25, 0.3) is 0 Å². The topological polar surface area (TPSA) is 38.0 Å². The van der Waals surface area contributed by atoms with Crippen LogP contribution in [-0.4, -0.2) is 12.1 Å². The predicted octanol–water partition coefficient (Wildman–Crippen LogP) is 3.41. The van der Waals surface area contributed by atoms with Gasteiger partial charge in [-0.1, -0.05) is 24.9 Å². The molecule has 1 aromatic rings. The molecule has 1 saturated carbocycles. The van der Waals surface area contributed by atoms with Crippen molar-refractivity contribution in [3.8, 4) is 0 Å². The normalized spacial score (nSPS) is 28.4. The van der Waals surface area contributed by atoms with Gasteiger partial charge in [0.25, 0.3) is 0 Å². The van der Waals surface area contributed by atoms with E-state index in [-0.39, 0.29) is 11.4 Å². The first kappa shape index (κ1) is 12.7. The van der Waals surface area contributed by atoms with E-state index in [1.807, 2.05) is 0 Å². The number of anilines is 1. The van der Waals surface area contributed by atoms with Crippen molar-refractivity contribution in [2.24, 2.45) is 11.7 Å². The monoisotopic (exact) mass is 256 g/mol. The first-order valence-corrected chi connectivity index (χ1v) is 6.38. The van der Waals surface area contributed by atoms with Crippen LogP contribution in [0.2, 0.25) is 5.02 Å². The molecule has 3 N–H and O–H groups in total. The molecule has 1 aromatic carbocycles. The molecule has 1 aliphatic rings. The maximum atomic E-state index is 13.3. The van der Waals surface area contributed by atoms with Crippen molar-refractivity contribution < 1.29 is 4.39 Å². The summed E-state index contributed by atoms with van der Waals surface area (Å²) < 4.78 is 13.3. The van der Waals surface area contributed by atoms with E-state index in [0.717, 1.165) is 19.3 Å². The lowest BCUT2D eigenvalue weighted by atomic mass is 9.88. The third-order valence-electron chi connectivity index (χ3n) is 3.82. The summed E-state index contributed by atoms with van der Waals surface area (Å²) in [6.45, 7) is 2.75. The van der Waals surface area contributed by atoms with Gasteiger partial charge in [-0.2, -0.15) is 0 Å². The molecule has 0 amide bonds. The van der Waals surface area contributed by atoms with Crippen LogP contribution in [0.4, 0.5) is 10.1 Å². The molecule has 0 aliphatic heterocycles. The van der Waals surface area contributed by atoms with Crippen LogP contribution in [0.3, 0.4) is 0 Å². The summed E-state index contributed by atoms with van der Waals surface area (Å²) in [6, 6.07) is 4.52. The lowest BCUT2D eigenvalue weighted by molar-refractivity contribution is 0.381. The fourth-order valence-electron chi connectivity index (χ4n) is 2.70. The van der Waals surface area contributed by atoms with E-state index < -0.39 is 0 Å². The summed E-state index contributed by atoms with van der Waals surface area (Å²) in [5.74, 6) is 0.173. The number of rotatable bonds is 3. The highest BCUT2D eigenvalue weighted by atomic mass is 35.5. The fourth-order valence-corrected chi connectivity index (χ4v) is 2.92. The fraction of sp³-hybridized carbons (Fsp3) is 0.538. The Morgan fingerprint density at radius 1 is 1.53 bits per heavy atom. The lowest BCUT2D eigenvalue weighted by Crippen LogP contribution is -2.47. The molecule has 0 bridgehead atoms. The van der Waals surface area contributed by atoms with Crippen molar-refractivity contribution >= 4 is 17.3 Å². The van der Waals surface area contributed by atoms with Crippen molar-refractivity contribution in [2.45, 2.75) is 31.7 Å². The minimum Gasteiger partial charge on any atom is -0.378 e. The third-order valence-corrected chi connectivity index (χ3v) is 4.04. The molecule has 17 heavy (non-hydrogen) atoms. The quantitative estimate of drug-likeness (QED) is 0.870. The van der Waals surface area contributed by atoms with E-state index in [2.05, 4.69) is 12.2 Å². The van der Waals surface area contributed by atoms with E-state index in [1.54, 1.807) is 6.07 Å². The minimum atomic E-state index is -0.321. The number of halogens is 2. The zero-order chi connectivity index (χ0) is 12.5. The van der Waals surface area contributed by atoms with Crippen molar-refractivity contribution in [3.63, 3.8) is 0 Å². The molecule has 0 spiro atoms. The van der Waals surface area contributed by atoms with Crippen LogP contribution >= 0.6 is 11.6 Å². The van der Waals surface area contributed by atoms with E-state index in [1.165, 1.54) is 12.1 Å². The molecule has 2 unspecified atom stereocenters. The molecule has 0 aromatic heterocycles. The SMILES string of the molecule is CC1CCCC1(CN)Nc1cc(F)cc(Cl)c1. The highest BCUT2D eigenvalue weighted by Crippen LogP contribution is 2.37. The summed E-state index contributed by atoms with van der Waals surface area (Å²) >= 11 is 5.85. The van der Waals surface area contributed by atoms with Crippen LogP contribution < -0.4 is 11.1 Å². The van der Waals surface area contributed by atoms with E-state index in [0.29, 0.717) is 23.2 Å². The van der Waals surface area contributed by atoms with Gasteiger partial charge in [-0.15, -0.1) is 0 Å². The van der Waals surface area contributed by atoms with Gasteiger partial charge in [0.1, 0.15) is 5.82 Å². The summed E-state index contributed by atoms with van der Waals surface area (Å²) in [5.41, 5.74) is 6.50. The van der Waals surface area contributed by atoms with Crippen molar-refractivity contribution in [3.05, 3.63) is 29.0 Å². The smallest absolute Gasteiger partial charge is 0.126 e. The zero-order valence-corrected chi connectivity index (χ0v) is 10.7. The van der Waals surface area contributed by atoms with Crippen LogP contribution in [0.1, 0.15) is 26.2 Å². The Labute approximate surface area is 106 Å². The van der Waals surface area contributed by atoms with Gasteiger partial charge in [0, 0.05) is 17.3 Å².